The van der Waals surface area contributed by atoms with Gasteiger partial charge < -0.3 is 10.7 Å². The third-order valence-corrected chi connectivity index (χ3v) is 5.79. The van der Waals surface area contributed by atoms with Gasteiger partial charge in [-0.05, 0) is 31.2 Å². The molecule has 4 rings (SSSR count). The largest absolute Gasteiger partial charge is 0.383 e. The van der Waals surface area contributed by atoms with Gasteiger partial charge in [0.2, 0.25) is 0 Å². The van der Waals surface area contributed by atoms with Gasteiger partial charge in [0, 0.05) is 23.9 Å². The number of hydrogen-bond acceptors (Lipinski definition) is 6. The molecule has 0 unspecified atom stereocenters. The predicted molar refractivity (Wildman–Crippen MR) is 98.1 cm³/mol. The Morgan fingerprint density at radius 3 is 2.92 bits per heavy atom. The summed E-state index contributed by atoms with van der Waals surface area (Å²) in [6, 6.07) is 1.24. The molecule has 0 aromatic carbocycles. The maximum Gasteiger partial charge on any atom is 0.262 e. The number of anilines is 1. The number of fused-ring (bicyclic) bond motifs is 3. The highest BCUT2D eigenvalue weighted by atomic mass is 32.1. The predicted octanol–water partition coefficient (Wildman–Crippen LogP) is 1.64. The Kier molecular flexibility index (Phi) is 4.12. The fraction of sp³-hybridized carbons (Fsp3) is 0.412. The molecule has 0 saturated carbocycles. The van der Waals surface area contributed by atoms with Gasteiger partial charge in [0.25, 0.3) is 11.1 Å². The summed E-state index contributed by atoms with van der Waals surface area (Å²) >= 11 is 1.65. The fourth-order valence-corrected chi connectivity index (χ4v) is 4.61. The summed E-state index contributed by atoms with van der Waals surface area (Å²) in [4.78, 5) is 37.8. The molecule has 0 atom stereocenters. The summed E-state index contributed by atoms with van der Waals surface area (Å²) in [6.07, 6.45) is 7.53. The lowest BCUT2D eigenvalue weighted by Gasteiger charge is -2.06. The lowest BCUT2D eigenvalue weighted by molar-refractivity contribution is 0.641. The molecular weight excluding hydrogens is 338 g/mol. The van der Waals surface area contributed by atoms with Gasteiger partial charge in [0.1, 0.15) is 16.5 Å². The maximum atomic E-state index is 12.9. The van der Waals surface area contributed by atoms with Crippen molar-refractivity contribution in [3.05, 3.63) is 49.4 Å². The highest BCUT2D eigenvalue weighted by Crippen LogP contribution is 2.32. The van der Waals surface area contributed by atoms with Gasteiger partial charge in [-0.3, -0.25) is 14.2 Å². The summed E-state index contributed by atoms with van der Waals surface area (Å²) in [7, 11) is 0. The number of H-pyrrole nitrogens is 1. The molecule has 1 aliphatic rings. The molecule has 0 radical (unpaired) electrons. The van der Waals surface area contributed by atoms with Gasteiger partial charge in [-0.25, -0.2) is 9.97 Å². The van der Waals surface area contributed by atoms with Crippen molar-refractivity contribution in [2.24, 2.45) is 0 Å². The van der Waals surface area contributed by atoms with E-state index < -0.39 is 0 Å². The highest BCUT2D eigenvalue weighted by molar-refractivity contribution is 7.18. The van der Waals surface area contributed by atoms with E-state index in [2.05, 4.69) is 15.0 Å². The average Bonchev–Trinajstić information content (AvgIpc) is 2.76. The Bertz CT molecular complexity index is 1050. The quantitative estimate of drug-likeness (QED) is 0.693. The zero-order valence-electron chi connectivity index (χ0n) is 13.7. The van der Waals surface area contributed by atoms with E-state index in [1.165, 1.54) is 29.3 Å². The summed E-state index contributed by atoms with van der Waals surface area (Å²) in [5.74, 6) is 0.656. The van der Waals surface area contributed by atoms with E-state index in [1.807, 2.05) is 0 Å². The average molecular weight is 357 g/mol. The third-order valence-electron chi connectivity index (χ3n) is 4.59. The number of rotatable bonds is 3. The van der Waals surface area contributed by atoms with E-state index in [9.17, 15) is 9.59 Å². The number of aromatic amines is 1. The van der Waals surface area contributed by atoms with Crippen LogP contribution in [0.1, 0.15) is 35.5 Å². The van der Waals surface area contributed by atoms with Crippen LogP contribution < -0.4 is 16.9 Å². The van der Waals surface area contributed by atoms with Gasteiger partial charge in [-0.2, -0.15) is 0 Å². The lowest BCUT2D eigenvalue weighted by atomic mass is 10.1. The van der Waals surface area contributed by atoms with Gasteiger partial charge in [0.15, 0.2) is 0 Å². The normalized spacial score (nSPS) is 14.4. The summed E-state index contributed by atoms with van der Waals surface area (Å²) < 4.78 is 1.60. The number of aryl methyl sites for hydroxylation is 4. The molecule has 0 amide bonds. The topological polar surface area (TPSA) is 107 Å². The molecule has 25 heavy (non-hydrogen) atoms. The SMILES string of the molecule is Nc1cc(=O)[nH]c(CCn2cnc3sc4c(c3c2=O)CCCCC4)n1. The van der Waals surface area contributed by atoms with Crippen LogP contribution in [0.5, 0.6) is 0 Å². The number of hydrogen-bond donors (Lipinski definition) is 2. The molecule has 3 heterocycles. The first-order chi connectivity index (χ1) is 12.1. The number of aromatic nitrogens is 4. The smallest absolute Gasteiger partial charge is 0.262 e. The Morgan fingerprint density at radius 2 is 2.08 bits per heavy atom. The van der Waals surface area contributed by atoms with Crippen LogP contribution in [0.3, 0.4) is 0 Å². The standard InChI is InChI=1S/C17H19N5O2S/c18-12-8-14(23)21-13(20-12)6-7-22-9-19-16-15(17(22)24)10-4-2-1-3-5-11(10)25-16/h8-9H,1-7H2,(H3,18,20,21,23). The van der Waals surface area contributed by atoms with Crippen molar-refractivity contribution < 1.29 is 0 Å². The van der Waals surface area contributed by atoms with E-state index in [-0.39, 0.29) is 16.9 Å². The van der Waals surface area contributed by atoms with E-state index in [0.29, 0.717) is 18.8 Å². The summed E-state index contributed by atoms with van der Waals surface area (Å²) in [5, 5.41) is 0.776. The summed E-state index contributed by atoms with van der Waals surface area (Å²) in [5.41, 5.74) is 6.50. The van der Waals surface area contributed by atoms with E-state index in [1.54, 1.807) is 22.2 Å². The van der Waals surface area contributed by atoms with Crippen LogP contribution in [0.25, 0.3) is 10.2 Å². The molecular formula is C17H19N5O2S. The molecule has 0 aliphatic heterocycles. The molecule has 0 fully saturated rings. The highest BCUT2D eigenvalue weighted by Gasteiger charge is 2.19. The van der Waals surface area contributed by atoms with Crippen LogP contribution >= 0.6 is 11.3 Å². The molecule has 0 bridgehead atoms. The van der Waals surface area contributed by atoms with Gasteiger partial charge in [0.05, 0.1) is 11.7 Å². The Balaban J connectivity index is 1.68. The van der Waals surface area contributed by atoms with Crippen molar-refractivity contribution in [1.29, 1.82) is 0 Å². The molecule has 0 spiro atoms. The molecule has 3 aromatic rings. The van der Waals surface area contributed by atoms with Gasteiger partial charge in [-0.15, -0.1) is 11.3 Å². The number of nitrogen functional groups attached to an aromatic ring is 1. The minimum atomic E-state index is -0.286. The van der Waals surface area contributed by atoms with Crippen molar-refractivity contribution in [2.75, 3.05) is 5.73 Å². The van der Waals surface area contributed by atoms with Crippen LogP contribution in [0.4, 0.5) is 5.82 Å². The zero-order chi connectivity index (χ0) is 17.4. The van der Waals surface area contributed by atoms with Gasteiger partial charge in [-0.1, -0.05) is 6.42 Å². The van der Waals surface area contributed by atoms with Crippen LogP contribution in [0.15, 0.2) is 22.0 Å². The number of nitrogens with zero attached hydrogens (tertiary/aromatic N) is 3. The van der Waals surface area contributed by atoms with Crippen LogP contribution in [-0.2, 0) is 25.8 Å². The van der Waals surface area contributed by atoms with Crippen molar-refractivity contribution in [1.82, 2.24) is 19.5 Å². The maximum absolute atomic E-state index is 12.9. The molecule has 8 heteroatoms. The van der Waals surface area contributed by atoms with Crippen molar-refractivity contribution in [3.8, 4) is 0 Å². The van der Waals surface area contributed by atoms with Crippen molar-refractivity contribution in [3.63, 3.8) is 0 Å². The first-order valence-electron chi connectivity index (χ1n) is 8.47. The molecule has 1 aliphatic carbocycles. The van der Waals surface area contributed by atoms with E-state index >= 15 is 0 Å². The monoisotopic (exact) mass is 357 g/mol. The second kappa shape index (κ2) is 6.44. The number of nitrogens with one attached hydrogen (secondary N) is 1. The Morgan fingerprint density at radius 1 is 1.24 bits per heavy atom. The van der Waals surface area contributed by atoms with Crippen LogP contribution in [0.2, 0.25) is 0 Å². The fourth-order valence-electron chi connectivity index (χ4n) is 3.39. The number of thiophene rings is 1. The van der Waals surface area contributed by atoms with E-state index in [4.69, 9.17) is 5.73 Å². The molecule has 3 aromatic heterocycles. The van der Waals surface area contributed by atoms with Crippen molar-refractivity contribution >= 4 is 27.4 Å². The molecule has 0 saturated heterocycles. The van der Waals surface area contributed by atoms with Gasteiger partial charge >= 0.3 is 0 Å². The lowest BCUT2D eigenvalue weighted by Crippen LogP contribution is -2.23. The first kappa shape index (κ1) is 16.0. The van der Waals surface area contributed by atoms with Crippen LogP contribution in [0, 0.1) is 0 Å². The second-order valence-corrected chi connectivity index (χ2v) is 7.44. The molecule has 7 nitrogen and oxygen atoms in total. The van der Waals surface area contributed by atoms with Crippen LogP contribution in [-0.4, -0.2) is 19.5 Å². The molecule has 3 N–H and O–H groups in total. The van der Waals surface area contributed by atoms with E-state index in [0.717, 1.165) is 29.5 Å². The Hall–Kier alpha value is -2.48. The Labute approximate surface area is 147 Å². The minimum Gasteiger partial charge on any atom is -0.383 e. The third kappa shape index (κ3) is 3.09. The zero-order valence-corrected chi connectivity index (χ0v) is 14.6. The molecule has 130 valence electrons. The summed E-state index contributed by atoms with van der Waals surface area (Å²) in [6.45, 7) is 0.402. The second-order valence-electron chi connectivity index (χ2n) is 6.35. The van der Waals surface area contributed by atoms with Crippen molar-refractivity contribution in [2.45, 2.75) is 45.1 Å². The minimum absolute atomic E-state index is 0.00403. The first-order valence-corrected chi connectivity index (χ1v) is 9.29. The number of nitrogens with two attached hydrogens (primary N) is 1.